The summed E-state index contributed by atoms with van der Waals surface area (Å²) in [4.78, 5) is 0. The lowest BCUT2D eigenvalue weighted by atomic mass is 9.69. The summed E-state index contributed by atoms with van der Waals surface area (Å²) in [5.74, 6) is 0. The molecule has 0 radical (unpaired) electrons. The first-order valence-electron chi connectivity index (χ1n) is 10.3. The smallest absolute Gasteiger partial charge is 0.0732 e. The molecule has 1 spiro atoms. The molecule has 5 aromatic carbocycles. The Labute approximate surface area is 180 Å². The molecule has 2 aliphatic rings. The second-order valence-corrected chi connectivity index (χ2v) is 8.68. The number of fused-ring (bicyclic) bond motifs is 12. The fraction of sp³-hybridized carbons (Fsp3) is 0.0345. The quantitative estimate of drug-likeness (QED) is 0.243. The summed E-state index contributed by atoms with van der Waals surface area (Å²) in [6, 6.07) is 37.5. The summed E-state index contributed by atoms with van der Waals surface area (Å²) in [7, 11) is 0. The summed E-state index contributed by atoms with van der Waals surface area (Å²) in [5, 5.41) is 3.37. The topological polar surface area (TPSA) is 0 Å². The van der Waals surface area contributed by atoms with Gasteiger partial charge in [0.15, 0.2) is 0 Å². The summed E-state index contributed by atoms with van der Waals surface area (Å²) < 4.78 is 0. The van der Waals surface area contributed by atoms with Crippen LogP contribution in [0.3, 0.4) is 0 Å². The van der Waals surface area contributed by atoms with Crippen molar-refractivity contribution in [1.29, 1.82) is 0 Å². The average molecular weight is 401 g/mol. The molecule has 5 aromatic rings. The zero-order chi connectivity index (χ0) is 19.9. The van der Waals surface area contributed by atoms with Crippen molar-refractivity contribution in [3.05, 3.63) is 130 Å². The van der Waals surface area contributed by atoms with Crippen LogP contribution in [0.5, 0.6) is 0 Å². The highest BCUT2D eigenvalue weighted by atomic mass is 35.5. The van der Waals surface area contributed by atoms with Crippen LogP contribution in [0.1, 0.15) is 22.3 Å². The Bertz CT molecular complexity index is 1500. The minimum Gasteiger partial charge on any atom is -0.0843 e. The SMILES string of the molecule is Clc1ccc2c(c1)C1(c3ccccc3-2)c2ccccc2-c2ccc3ccccc3c21. The summed E-state index contributed by atoms with van der Waals surface area (Å²) in [6.07, 6.45) is 0. The van der Waals surface area contributed by atoms with Gasteiger partial charge in [-0.05, 0) is 67.4 Å². The van der Waals surface area contributed by atoms with Gasteiger partial charge in [0.2, 0.25) is 0 Å². The summed E-state index contributed by atoms with van der Waals surface area (Å²) in [5.41, 5.74) is 10.3. The number of rotatable bonds is 0. The molecule has 0 aliphatic heterocycles. The van der Waals surface area contributed by atoms with Crippen LogP contribution >= 0.6 is 11.6 Å². The lowest BCUT2D eigenvalue weighted by molar-refractivity contribution is 0.801. The molecule has 0 amide bonds. The van der Waals surface area contributed by atoms with Crippen molar-refractivity contribution in [2.75, 3.05) is 0 Å². The van der Waals surface area contributed by atoms with E-state index in [4.69, 9.17) is 11.6 Å². The second kappa shape index (κ2) is 5.62. The Balaban J connectivity index is 1.78. The van der Waals surface area contributed by atoms with Crippen LogP contribution in [0.4, 0.5) is 0 Å². The second-order valence-electron chi connectivity index (χ2n) is 8.24. The summed E-state index contributed by atoms with van der Waals surface area (Å²) in [6.45, 7) is 0. The van der Waals surface area contributed by atoms with Crippen molar-refractivity contribution in [1.82, 2.24) is 0 Å². The van der Waals surface area contributed by atoms with Gasteiger partial charge >= 0.3 is 0 Å². The minimum atomic E-state index is -0.344. The molecule has 0 heterocycles. The van der Waals surface area contributed by atoms with Crippen molar-refractivity contribution >= 4 is 22.4 Å². The van der Waals surface area contributed by atoms with Gasteiger partial charge in [-0.1, -0.05) is 103 Å². The van der Waals surface area contributed by atoms with E-state index in [0.717, 1.165) is 5.02 Å². The van der Waals surface area contributed by atoms with Gasteiger partial charge in [0.25, 0.3) is 0 Å². The van der Waals surface area contributed by atoms with E-state index < -0.39 is 0 Å². The van der Waals surface area contributed by atoms with Gasteiger partial charge in [0.1, 0.15) is 0 Å². The van der Waals surface area contributed by atoms with Crippen LogP contribution in [0, 0.1) is 0 Å². The summed E-state index contributed by atoms with van der Waals surface area (Å²) >= 11 is 6.60. The van der Waals surface area contributed by atoms with E-state index in [1.165, 1.54) is 55.3 Å². The van der Waals surface area contributed by atoms with Crippen LogP contribution in [0.15, 0.2) is 103 Å². The van der Waals surface area contributed by atoms with Crippen molar-refractivity contribution in [2.24, 2.45) is 0 Å². The number of benzene rings is 5. The van der Waals surface area contributed by atoms with Crippen molar-refractivity contribution in [2.45, 2.75) is 5.41 Å². The number of hydrogen-bond donors (Lipinski definition) is 0. The predicted molar refractivity (Wildman–Crippen MR) is 125 cm³/mol. The van der Waals surface area contributed by atoms with E-state index in [9.17, 15) is 0 Å². The number of halogens is 1. The van der Waals surface area contributed by atoms with E-state index >= 15 is 0 Å². The van der Waals surface area contributed by atoms with Crippen LogP contribution in [0.25, 0.3) is 33.0 Å². The average Bonchev–Trinajstić information content (AvgIpc) is 3.26. The Morgan fingerprint density at radius 2 is 1.10 bits per heavy atom. The third-order valence-electron chi connectivity index (χ3n) is 6.93. The molecule has 0 aromatic heterocycles. The molecule has 7 rings (SSSR count). The van der Waals surface area contributed by atoms with Gasteiger partial charge in [0.05, 0.1) is 5.41 Å². The Kier molecular flexibility index (Phi) is 3.08. The fourth-order valence-electron chi connectivity index (χ4n) is 5.89. The van der Waals surface area contributed by atoms with Crippen molar-refractivity contribution in [3.63, 3.8) is 0 Å². The lowest BCUT2D eigenvalue weighted by Gasteiger charge is -2.31. The molecule has 1 atom stereocenters. The molecular weight excluding hydrogens is 384 g/mol. The molecule has 2 aliphatic carbocycles. The van der Waals surface area contributed by atoms with Crippen LogP contribution in [0.2, 0.25) is 5.02 Å². The first kappa shape index (κ1) is 16.4. The molecule has 0 nitrogen and oxygen atoms in total. The molecule has 0 bridgehead atoms. The van der Waals surface area contributed by atoms with Crippen LogP contribution in [-0.2, 0) is 5.41 Å². The Morgan fingerprint density at radius 1 is 0.500 bits per heavy atom. The van der Waals surface area contributed by atoms with Gasteiger partial charge in [-0.2, -0.15) is 0 Å². The maximum Gasteiger partial charge on any atom is 0.0732 e. The monoisotopic (exact) mass is 400 g/mol. The number of hydrogen-bond acceptors (Lipinski definition) is 0. The van der Waals surface area contributed by atoms with Gasteiger partial charge in [-0.3, -0.25) is 0 Å². The zero-order valence-corrected chi connectivity index (χ0v) is 16.9. The third kappa shape index (κ3) is 1.79. The van der Waals surface area contributed by atoms with Crippen molar-refractivity contribution < 1.29 is 0 Å². The molecule has 30 heavy (non-hydrogen) atoms. The van der Waals surface area contributed by atoms with Gasteiger partial charge in [0, 0.05) is 5.02 Å². The van der Waals surface area contributed by atoms with E-state index in [0.29, 0.717) is 0 Å². The highest BCUT2D eigenvalue weighted by molar-refractivity contribution is 6.30. The van der Waals surface area contributed by atoms with Crippen LogP contribution < -0.4 is 0 Å². The normalized spacial score (nSPS) is 17.6. The van der Waals surface area contributed by atoms with E-state index in [2.05, 4.69) is 97.1 Å². The Hall–Kier alpha value is -3.35. The molecule has 0 saturated heterocycles. The molecule has 0 N–H and O–H groups in total. The minimum absolute atomic E-state index is 0.344. The lowest BCUT2D eigenvalue weighted by Crippen LogP contribution is -2.26. The molecule has 1 heteroatoms. The first-order valence-corrected chi connectivity index (χ1v) is 10.7. The van der Waals surface area contributed by atoms with E-state index in [1.807, 2.05) is 6.07 Å². The van der Waals surface area contributed by atoms with Gasteiger partial charge in [-0.25, -0.2) is 0 Å². The molecule has 140 valence electrons. The molecular formula is C29H17Cl. The van der Waals surface area contributed by atoms with E-state index in [-0.39, 0.29) is 5.41 Å². The maximum atomic E-state index is 6.60. The van der Waals surface area contributed by atoms with Crippen molar-refractivity contribution in [3.8, 4) is 22.3 Å². The molecule has 0 fully saturated rings. The first-order chi connectivity index (χ1) is 14.8. The fourth-order valence-corrected chi connectivity index (χ4v) is 6.06. The predicted octanol–water partition coefficient (Wildman–Crippen LogP) is 7.84. The highest BCUT2D eigenvalue weighted by Gasteiger charge is 2.52. The Morgan fingerprint density at radius 3 is 1.90 bits per heavy atom. The molecule has 0 saturated carbocycles. The third-order valence-corrected chi connectivity index (χ3v) is 7.17. The van der Waals surface area contributed by atoms with Crippen LogP contribution in [-0.4, -0.2) is 0 Å². The highest BCUT2D eigenvalue weighted by Crippen LogP contribution is 2.64. The molecule has 1 unspecified atom stereocenters. The zero-order valence-electron chi connectivity index (χ0n) is 16.2. The standard InChI is InChI=1S/C29H17Cl/c30-19-14-16-23-21-9-3-5-11-25(21)29(27(23)17-19)26-12-6-4-10-22(26)24-15-13-18-7-1-2-8-20(18)28(24)29/h1-17H. The van der Waals surface area contributed by atoms with Gasteiger partial charge in [-0.15, -0.1) is 0 Å². The van der Waals surface area contributed by atoms with Gasteiger partial charge < -0.3 is 0 Å². The largest absolute Gasteiger partial charge is 0.0843 e. The maximum absolute atomic E-state index is 6.60. The van der Waals surface area contributed by atoms with E-state index in [1.54, 1.807) is 0 Å².